The van der Waals surface area contributed by atoms with Crippen molar-refractivity contribution in [1.29, 1.82) is 0 Å². The molecule has 0 saturated carbocycles. The van der Waals surface area contributed by atoms with Crippen LogP contribution in [0.25, 0.3) is 43.6 Å². The Hall–Kier alpha value is -2.84. The van der Waals surface area contributed by atoms with Crippen LogP contribution in [0.1, 0.15) is 70.7 Å². The zero-order valence-corrected chi connectivity index (χ0v) is 25.9. The summed E-state index contributed by atoms with van der Waals surface area (Å²) in [7, 11) is 2.23. The Balaban J connectivity index is 1.73. The molecule has 0 aliphatic carbocycles. The van der Waals surface area contributed by atoms with E-state index in [-0.39, 0.29) is 5.41 Å². The largest absolute Gasteiger partial charge is 0.222 e. The molecule has 0 fully saturated rings. The lowest BCUT2D eigenvalue weighted by Crippen LogP contribution is -2.32. The fourth-order valence-electron chi connectivity index (χ4n) is 6.56. The summed E-state index contributed by atoms with van der Waals surface area (Å²) in [6, 6.07) is 19.2. The highest BCUT2D eigenvalue weighted by molar-refractivity contribution is 8.00. The van der Waals surface area contributed by atoms with Crippen LogP contribution < -0.4 is 4.57 Å². The second kappa shape index (κ2) is 9.37. The molecule has 0 spiro atoms. The Morgan fingerprint density at radius 3 is 2.23 bits per heavy atom. The average molecular weight is 533 g/mol. The van der Waals surface area contributed by atoms with E-state index in [2.05, 4.69) is 122 Å². The molecule has 200 valence electrons. The maximum absolute atomic E-state index is 2.49. The van der Waals surface area contributed by atoms with Gasteiger partial charge < -0.3 is 0 Å². The van der Waals surface area contributed by atoms with Gasteiger partial charge in [-0.3, -0.25) is 0 Å². The molecule has 1 nitrogen and oxygen atoms in total. The van der Waals surface area contributed by atoms with Gasteiger partial charge in [0.25, 0.3) is 0 Å². The van der Waals surface area contributed by atoms with Crippen molar-refractivity contribution in [2.24, 2.45) is 18.9 Å². The van der Waals surface area contributed by atoms with Gasteiger partial charge in [0.15, 0.2) is 6.20 Å². The molecular formula is C37H42NS+. The van der Waals surface area contributed by atoms with Crippen LogP contribution in [0.4, 0.5) is 0 Å². The van der Waals surface area contributed by atoms with E-state index in [1.165, 1.54) is 75.6 Å². The molecule has 0 amide bonds. The van der Waals surface area contributed by atoms with Crippen molar-refractivity contribution in [2.75, 3.05) is 0 Å². The minimum atomic E-state index is 0.120. The highest BCUT2D eigenvalue weighted by atomic mass is 32.2. The van der Waals surface area contributed by atoms with Gasteiger partial charge in [-0.25, -0.2) is 4.57 Å². The van der Waals surface area contributed by atoms with Crippen molar-refractivity contribution in [2.45, 2.75) is 83.4 Å². The SMILES string of the molecule is Cc1c2c(c(CC(C)C)c3ccc(CC(C)C)cc13)Sc1cc3ccc(C(C)(C)C)cc3c3cc[n+](C)c-2c13. The lowest BCUT2D eigenvalue weighted by atomic mass is 9.84. The molecule has 0 bridgehead atoms. The number of rotatable bonds is 4. The summed E-state index contributed by atoms with van der Waals surface area (Å²) in [5.74, 6) is 1.24. The number of pyridine rings is 1. The van der Waals surface area contributed by atoms with Gasteiger partial charge in [0, 0.05) is 21.2 Å². The molecule has 6 rings (SSSR count). The summed E-state index contributed by atoms with van der Waals surface area (Å²) in [6.45, 7) is 18.6. The molecule has 5 aromatic rings. The van der Waals surface area contributed by atoms with Crippen LogP contribution >= 0.6 is 11.8 Å². The van der Waals surface area contributed by atoms with Gasteiger partial charge in [-0.05, 0) is 92.9 Å². The highest BCUT2D eigenvalue weighted by Gasteiger charge is 2.32. The Labute approximate surface area is 238 Å². The average Bonchev–Trinajstić information content (AvgIpc) is 2.86. The van der Waals surface area contributed by atoms with Crippen molar-refractivity contribution in [3.63, 3.8) is 0 Å². The molecule has 2 heterocycles. The van der Waals surface area contributed by atoms with Crippen molar-refractivity contribution in [3.8, 4) is 11.3 Å². The van der Waals surface area contributed by atoms with Gasteiger partial charge in [-0.2, -0.15) is 0 Å². The van der Waals surface area contributed by atoms with Gasteiger partial charge >= 0.3 is 0 Å². The second-order valence-electron chi connectivity index (χ2n) is 13.6. The van der Waals surface area contributed by atoms with Gasteiger partial charge in [-0.15, -0.1) is 0 Å². The molecule has 0 saturated heterocycles. The van der Waals surface area contributed by atoms with E-state index in [1.54, 1.807) is 0 Å². The number of hydrogen-bond donors (Lipinski definition) is 0. The third-order valence-electron chi connectivity index (χ3n) is 8.46. The first kappa shape index (κ1) is 26.4. The van der Waals surface area contributed by atoms with Crippen molar-refractivity contribution >= 4 is 44.1 Å². The number of fused-ring (bicyclic) bond motifs is 5. The lowest BCUT2D eigenvalue weighted by molar-refractivity contribution is -0.659. The number of hydrogen-bond acceptors (Lipinski definition) is 1. The summed E-state index contributed by atoms with van der Waals surface area (Å²) >= 11 is 2.01. The first-order valence-corrected chi connectivity index (χ1v) is 15.4. The van der Waals surface area contributed by atoms with Crippen LogP contribution in [0.5, 0.6) is 0 Å². The maximum Gasteiger partial charge on any atom is 0.222 e. The Kier molecular flexibility index (Phi) is 6.34. The van der Waals surface area contributed by atoms with Crippen LogP contribution in [-0.4, -0.2) is 0 Å². The number of nitrogens with zero attached hydrogens (tertiary/aromatic N) is 1. The lowest BCUT2D eigenvalue weighted by Gasteiger charge is -2.26. The molecule has 4 aromatic carbocycles. The predicted octanol–water partition coefficient (Wildman–Crippen LogP) is 10.1. The topological polar surface area (TPSA) is 3.88 Å². The van der Waals surface area contributed by atoms with Gasteiger partial charge in [-0.1, -0.05) is 90.6 Å². The van der Waals surface area contributed by atoms with Gasteiger partial charge in [0.05, 0.1) is 10.9 Å². The quantitative estimate of drug-likeness (QED) is 0.161. The summed E-state index contributed by atoms with van der Waals surface area (Å²) in [4.78, 5) is 2.85. The van der Waals surface area contributed by atoms with E-state index >= 15 is 0 Å². The minimum Gasteiger partial charge on any atom is -0.200 e. The molecular weight excluding hydrogens is 490 g/mol. The minimum absolute atomic E-state index is 0.120. The van der Waals surface area contributed by atoms with Crippen LogP contribution in [0.15, 0.2) is 64.5 Å². The van der Waals surface area contributed by atoms with Crippen molar-refractivity contribution in [1.82, 2.24) is 0 Å². The Morgan fingerprint density at radius 1 is 0.795 bits per heavy atom. The third kappa shape index (κ3) is 4.36. The van der Waals surface area contributed by atoms with E-state index in [4.69, 9.17) is 0 Å². The van der Waals surface area contributed by atoms with E-state index < -0.39 is 0 Å². The number of aryl methyl sites for hydroxylation is 2. The van der Waals surface area contributed by atoms with Crippen LogP contribution in [0, 0.1) is 18.8 Å². The molecule has 0 radical (unpaired) electrons. The fourth-order valence-corrected chi connectivity index (χ4v) is 7.94. The zero-order chi connectivity index (χ0) is 27.8. The molecule has 0 atom stereocenters. The van der Waals surface area contributed by atoms with Crippen LogP contribution in [0.2, 0.25) is 0 Å². The van der Waals surface area contributed by atoms with E-state index in [0.29, 0.717) is 11.8 Å². The number of aromatic nitrogens is 1. The third-order valence-corrected chi connectivity index (χ3v) is 9.66. The first-order chi connectivity index (χ1) is 18.4. The predicted molar refractivity (Wildman–Crippen MR) is 170 cm³/mol. The molecule has 1 aliphatic rings. The second-order valence-corrected chi connectivity index (χ2v) is 14.7. The number of benzene rings is 4. The van der Waals surface area contributed by atoms with Gasteiger partial charge in [0.2, 0.25) is 5.69 Å². The van der Waals surface area contributed by atoms with E-state index in [0.717, 1.165) is 12.8 Å². The zero-order valence-electron chi connectivity index (χ0n) is 25.1. The monoisotopic (exact) mass is 532 g/mol. The standard InChI is InChI=1S/C37H42NS/c1-21(2)16-24-10-13-27-29(18-24)23(5)33-35-34-28(14-15-38(35)9)30-20-26(37(6,7)8)12-11-25(30)19-32(34)39-36(33)31(27)17-22(3)4/h10-15,18-22H,16-17H2,1-9H3/q+1. The van der Waals surface area contributed by atoms with Crippen molar-refractivity contribution < 1.29 is 4.57 Å². The van der Waals surface area contributed by atoms with Gasteiger partial charge in [0.1, 0.15) is 7.05 Å². The molecule has 1 aliphatic heterocycles. The van der Waals surface area contributed by atoms with E-state index in [9.17, 15) is 0 Å². The molecule has 39 heavy (non-hydrogen) atoms. The Morgan fingerprint density at radius 2 is 1.54 bits per heavy atom. The summed E-state index contributed by atoms with van der Waals surface area (Å²) in [5, 5.41) is 8.36. The smallest absolute Gasteiger partial charge is 0.200 e. The first-order valence-electron chi connectivity index (χ1n) is 14.6. The molecule has 0 unspecified atom stereocenters. The summed E-state index contributed by atoms with van der Waals surface area (Å²) in [5.41, 5.74) is 8.71. The normalized spacial score (nSPS) is 13.3. The molecule has 2 heteroatoms. The fraction of sp³-hybridized carbons (Fsp3) is 0.378. The van der Waals surface area contributed by atoms with Crippen LogP contribution in [0.3, 0.4) is 0 Å². The molecule has 0 N–H and O–H groups in total. The molecule has 1 aromatic heterocycles. The highest BCUT2D eigenvalue weighted by Crippen LogP contribution is 2.53. The summed E-state index contributed by atoms with van der Waals surface area (Å²) < 4.78 is 2.37. The maximum atomic E-state index is 2.49. The summed E-state index contributed by atoms with van der Waals surface area (Å²) in [6.07, 6.45) is 4.49. The Bertz CT molecular complexity index is 1780. The van der Waals surface area contributed by atoms with E-state index in [1.807, 2.05) is 11.8 Å². The van der Waals surface area contributed by atoms with Crippen molar-refractivity contribution in [3.05, 3.63) is 77.0 Å². The van der Waals surface area contributed by atoms with Crippen LogP contribution in [-0.2, 0) is 25.3 Å².